The summed E-state index contributed by atoms with van der Waals surface area (Å²) in [6.45, 7) is 14.5. The molecule has 2 saturated heterocycles. The predicted octanol–water partition coefficient (Wildman–Crippen LogP) is 7.65. The highest BCUT2D eigenvalue weighted by Crippen LogP contribution is 2.34. The number of nitrogens with one attached hydrogen (secondary N) is 2. The van der Waals surface area contributed by atoms with Crippen molar-refractivity contribution in [2.75, 3.05) is 26.7 Å². The van der Waals surface area contributed by atoms with Gasteiger partial charge in [0.25, 0.3) is 0 Å². The molecule has 4 atom stereocenters. The van der Waals surface area contributed by atoms with E-state index in [0.29, 0.717) is 30.7 Å². The minimum absolute atomic E-state index is 0.0663. The number of benzene rings is 1. The minimum atomic E-state index is -2.26. The maximum absolute atomic E-state index is 12.4. The van der Waals surface area contributed by atoms with E-state index in [1.165, 1.54) is 23.8 Å². The first-order valence-electron chi connectivity index (χ1n) is 23.3. The minimum Gasteiger partial charge on any atom is -0.496 e. The number of methoxy groups -OCH3 is 1. The van der Waals surface area contributed by atoms with Crippen LogP contribution in [0.15, 0.2) is 35.7 Å². The highest BCUT2D eigenvalue weighted by atomic mass is 32.2. The smallest absolute Gasteiger partial charge is 0.243 e. The number of piperidine rings is 1. The second-order valence-electron chi connectivity index (χ2n) is 18.4. The van der Waals surface area contributed by atoms with Crippen molar-refractivity contribution in [1.29, 1.82) is 0 Å². The third-order valence-corrected chi connectivity index (χ3v) is 15.4. The highest BCUT2D eigenvalue weighted by Gasteiger charge is 2.40. The molecule has 0 bridgehead atoms. The van der Waals surface area contributed by atoms with Crippen molar-refractivity contribution in [3.63, 3.8) is 0 Å². The fourth-order valence-corrected chi connectivity index (χ4v) is 10.4. The second-order valence-corrected chi connectivity index (χ2v) is 21.6. The third-order valence-electron chi connectivity index (χ3n) is 12.5. The number of likely N-dealkylation sites (tertiary alicyclic amines) is 1. The molecule has 3 N–H and O–H groups in total. The monoisotopic (exact) mass is 920 g/mol. The largest absolute Gasteiger partial charge is 0.496 e. The van der Waals surface area contributed by atoms with Crippen LogP contribution < -0.4 is 14.8 Å². The number of aliphatic hydroxyl groups is 1. The maximum Gasteiger partial charge on any atom is 0.243 e. The van der Waals surface area contributed by atoms with E-state index in [1.807, 2.05) is 29.7 Å². The lowest BCUT2D eigenvalue weighted by Gasteiger charge is -2.30. The SMILES string of the molecule is C=S(=O)(NC=O)C1CC1.CC(C)C(=O)N1CCC(O)CC1.COc1ccc2c(C)cc(-c3nc(C(C)C)cs3)nc2c1C.O=C1NC2CC2/C=C\CCCCCCC(=O)N2CCCC12. The van der Waals surface area contributed by atoms with Gasteiger partial charge in [0.2, 0.25) is 24.1 Å². The van der Waals surface area contributed by atoms with E-state index >= 15 is 0 Å². The summed E-state index contributed by atoms with van der Waals surface area (Å²) in [7, 11) is -0.560. The number of aromatic nitrogens is 2. The molecule has 5 aliphatic rings. The van der Waals surface area contributed by atoms with Crippen LogP contribution in [0.5, 0.6) is 5.75 Å². The van der Waals surface area contributed by atoms with E-state index in [9.17, 15) is 28.5 Å². The normalized spacial score (nSPS) is 22.9. The Hall–Kier alpha value is -4.34. The van der Waals surface area contributed by atoms with Gasteiger partial charge in [-0.3, -0.25) is 23.9 Å². The van der Waals surface area contributed by atoms with Crippen LogP contribution in [-0.4, -0.2) is 109 Å². The summed E-state index contributed by atoms with van der Waals surface area (Å²) in [4.78, 5) is 59.2. The van der Waals surface area contributed by atoms with E-state index < -0.39 is 9.71 Å². The van der Waals surface area contributed by atoms with Crippen LogP contribution in [0.3, 0.4) is 0 Å². The predicted molar refractivity (Wildman–Crippen MR) is 259 cm³/mol. The van der Waals surface area contributed by atoms with Crippen molar-refractivity contribution in [3.8, 4) is 16.5 Å². The standard InChI is InChI=1S/C18H20N2OS.C17H26N2O2.C9H17NO2.C5H9NO2S/c1-10(2)15-9-22-18(20-15)14-8-11(3)13-6-7-16(21-5)12(4)17(13)19-14;20-16-10-6-4-2-1-3-5-8-13-12-14(13)18-17(21)15-9-7-11-19(15)16;1-7(2)9(12)10-5-3-8(11)4-6-10;1-9(8,6-4-7)5-2-3-5/h6-10H,1-5H3;5,8,13-15H,1-4,6-7,9-12H2,(H,18,21);7-8,11H,3-6H2,1-2H3;4-5H,1-3H2,(H,6,7,8)/b;8-5-;;. The van der Waals surface area contributed by atoms with Gasteiger partial charge in [-0.1, -0.05) is 52.7 Å². The van der Waals surface area contributed by atoms with Gasteiger partial charge in [0.15, 0.2) is 0 Å². The molecule has 2 aromatic heterocycles. The molecule has 13 nitrogen and oxygen atoms in total. The van der Waals surface area contributed by atoms with E-state index in [2.05, 4.69) is 73.3 Å². The van der Waals surface area contributed by atoms with Gasteiger partial charge in [0.1, 0.15) is 16.8 Å². The summed E-state index contributed by atoms with van der Waals surface area (Å²) in [6, 6.07) is 6.29. The molecule has 1 aromatic carbocycles. The van der Waals surface area contributed by atoms with E-state index in [1.54, 1.807) is 18.4 Å². The topological polar surface area (TPSA) is 171 Å². The first-order chi connectivity index (χ1) is 30.5. The molecule has 3 aromatic rings. The van der Waals surface area contributed by atoms with Crippen molar-refractivity contribution < 1.29 is 33.2 Å². The van der Waals surface area contributed by atoms with Gasteiger partial charge in [-0.15, -0.1) is 11.3 Å². The number of thiazole rings is 1. The molecule has 8 rings (SSSR count). The molecule has 4 unspecified atom stereocenters. The third kappa shape index (κ3) is 14.3. The first-order valence-corrected chi connectivity index (χ1v) is 25.9. The Morgan fingerprint density at radius 3 is 2.38 bits per heavy atom. The van der Waals surface area contributed by atoms with Gasteiger partial charge in [-0.25, -0.2) is 14.2 Å². The van der Waals surface area contributed by atoms with Crippen LogP contribution in [0.1, 0.15) is 134 Å². The zero-order valence-electron chi connectivity index (χ0n) is 39.1. The zero-order chi connectivity index (χ0) is 46.6. The van der Waals surface area contributed by atoms with Crippen LogP contribution in [0, 0.1) is 25.7 Å². The molecule has 64 heavy (non-hydrogen) atoms. The van der Waals surface area contributed by atoms with Crippen LogP contribution in [0.4, 0.5) is 0 Å². The van der Waals surface area contributed by atoms with E-state index in [4.69, 9.17) is 14.7 Å². The molecule has 3 aliphatic heterocycles. The lowest BCUT2D eigenvalue weighted by Crippen LogP contribution is -2.46. The highest BCUT2D eigenvalue weighted by molar-refractivity contribution is 7.99. The number of allylic oxidation sites excluding steroid dienone is 1. The summed E-state index contributed by atoms with van der Waals surface area (Å²) in [5.74, 6) is 5.77. The molecule has 2 aliphatic carbocycles. The number of hydrogen-bond acceptors (Lipinski definition) is 10. The Labute approximate surface area is 385 Å². The summed E-state index contributed by atoms with van der Waals surface area (Å²) in [5, 5.41) is 16.8. The molecule has 0 spiro atoms. The van der Waals surface area contributed by atoms with E-state index in [0.717, 1.165) is 117 Å². The average Bonchev–Trinajstić information content (AvgIpc) is 4.14. The molecular formula is C49H72N6O7S2. The molecule has 2 saturated carbocycles. The van der Waals surface area contributed by atoms with E-state index in [-0.39, 0.29) is 41.0 Å². The number of rotatable bonds is 7. The Bertz CT molecular complexity index is 2190. The van der Waals surface area contributed by atoms with Crippen molar-refractivity contribution in [2.45, 2.75) is 154 Å². The molecule has 5 heterocycles. The molecule has 15 heteroatoms. The van der Waals surface area contributed by atoms with Gasteiger partial charge < -0.3 is 25.0 Å². The number of aliphatic hydroxyl groups excluding tert-OH is 1. The number of aryl methyl sites for hydroxylation is 2. The number of hydrogen-bond donors (Lipinski definition) is 3. The van der Waals surface area contributed by atoms with Gasteiger partial charge >= 0.3 is 0 Å². The van der Waals surface area contributed by atoms with Gasteiger partial charge in [-0.2, -0.15) is 0 Å². The number of pyridine rings is 1. The lowest BCUT2D eigenvalue weighted by atomic mass is 10.0. The van der Waals surface area contributed by atoms with Crippen LogP contribution in [0.25, 0.3) is 21.6 Å². The number of fused-ring (bicyclic) bond motifs is 3. The van der Waals surface area contributed by atoms with Gasteiger partial charge in [0.05, 0.1) is 39.8 Å². The molecular weight excluding hydrogens is 849 g/mol. The van der Waals surface area contributed by atoms with Crippen LogP contribution in [-0.2, 0) is 28.9 Å². The zero-order valence-corrected chi connectivity index (χ0v) is 40.7. The quantitative estimate of drug-likeness (QED) is 0.122. The summed E-state index contributed by atoms with van der Waals surface area (Å²) < 4.78 is 18.7. The number of amides is 4. The maximum atomic E-state index is 12.4. The molecule has 4 fully saturated rings. The second kappa shape index (κ2) is 23.7. The Morgan fingerprint density at radius 1 is 1.02 bits per heavy atom. The van der Waals surface area contributed by atoms with Crippen molar-refractivity contribution in [1.82, 2.24) is 29.8 Å². The fourth-order valence-electron chi connectivity index (χ4n) is 8.17. The van der Waals surface area contributed by atoms with Gasteiger partial charge in [0, 0.05) is 59.6 Å². The van der Waals surface area contributed by atoms with Crippen molar-refractivity contribution in [3.05, 3.63) is 52.6 Å². The number of carbonyl (C=O) groups excluding carboxylic acids is 4. The van der Waals surface area contributed by atoms with Gasteiger partial charge in [-0.05, 0) is 120 Å². The molecule has 352 valence electrons. The summed E-state index contributed by atoms with van der Waals surface area (Å²) in [6.07, 6.45) is 17.2. The average molecular weight is 921 g/mol. The Kier molecular flexibility index (Phi) is 18.8. The fraction of sp³-hybridized carbons (Fsp3) is 0.612. The Morgan fingerprint density at radius 2 is 1.73 bits per heavy atom. The van der Waals surface area contributed by atoms with Crippen LogP contribution in [0.2, 0.25) is 0 Å². The number of nitrogens with zero attached hydrogens (tertiary/aromatic N) is 4. The van der Waals surface area contributed by atoms with Crippen molar-refractivity contribution >= 4 is 61.9 Å². The number of carbonyl (C=O) groups is 4. The molecule has 0 radical (unpaired) electrons. The Balaban J connectivity index is 0.000000170. The van der Waals surface area contributed by atoms with Crippen molar-refractivity contribution in [2.24, 2.45) is 11.8 Å². The first kappa shape index (κ1) is 50.7. The summed E-state index contributed by atoms with van der Waals surface area (Å²) in [5.41, 5.74) is 5.36. The van der Waals surface area contributed by atoms with Crippen LogP contribution >= 0.6 is 11.3 Å². The lowest BCUT2D eigenvalue weighted by molar-refractivity contribution is -0.138. The summed E-state index contributed by atoms with van der Waals surface area (Å²) >= 11 is 1.66. The molecule has 4 amide bonds. The number of ether oxygens (including phenoxy) is 1.